The molecule has 0 aliphatic heterocycles. The number of fused-ring (bicyclic) bond motifs is 1. The van der Waals surface area contributed by atoms with E-state index in [0.717, 1.165) is 0 Å². The smallest absolute Gasteiger partial charge is 0.406 e. The van der Waals surface area contributed by atoms with Gasteiger partial charge >= 0.3 is 6.36 Å². The van der Waals surface area contributed by atoms with Crippen LogP contribution >= 0.6 is 11.6 Å². The number of halogens is 4. The van der Waals surface area contributed by atoms with Gasteiger partial charge in [0.05, 0.1) is 5.39 Å². The summed E-state index contributed by atoms with van der Waals surface area (Å²) in [6.07, 6.45) is -1.83. The van der Waals surface area contributed by atoms with Crippen molar-refractivity contribution in [2.45, 2.75) is 6.36 Å². The van der Waals surface area contributed by atoms with Crippen LogP contribution in [0.1, 0.15) is 0 Å². The molecule has 3 rings (SSSR count). The Kier molecular flexibility index (Phi) is 3.21. The molecular formula is C13H7ClF3N3O. The third kappa shape index (κ3) is 2.78. The van der Waals surface area contributed by atoms with E-state index < -0.39 is 6.36 Å². The number of aromatic nitrogens is 3. The van der Waals surface area contributed by atoms with E-state index in [-0.39, 0.29) is 10.9 Å². The van der Waals surface area contributed by atoms with Gasteiger partial charge < -0.3 is 9.72 Å². The highest BCUT2D eigenvalue weighted by Gasteiger charge is 2.31. The van der Waals surface area contributed by atoms with Gasteiger partial charge in [0.25, 0.3) is 0 Å². The van der Waals surface area contributed by atoms with Gasteiger partial charge in [-0.2, -0.15) is 0 Å². The first-order valence-electron chi connectivity index (χ1n) is 5.78. The van der Waals surface area contributed by atoms with Crippen LogP contribution in [-0.4, -0.2) is 21.3 Å². The van der Waals surface area contributed by atoms with Crippen molar-refractivity contribution in [1.29, 1.82) is 0 Å². The number of H-pyrrole nitrogens is 1. The Morgan fingerprint density at radius 2 is 2.00 bits per heavy atom. The molecule has 2 aromatic heterocycles. The lowest BCUT2D eigenvalue weighted by Crippen LogP contribution is -2.17. The van der Waals surface area contributed by atoms with Gasteiger partial charge in [0.2, 0.25) is 0 Å². The van der Waals surface area contributed by atoms with E-state index in [1.54, 1.807) is 12.3 Å². The first-order valence-corrected chi connectivity index (χ1v) is 6.15. The predicted molar refractivity (Wildman–Crippen MR) is 71.0 cm³/mol. The van der Waals surface area contributed by atoms with Crippen molar-refractivity contribution in [2.24, 2.45) is 0 Å². The summed E-state index contributed by atoms with van der Waals surface area (Å²) in [4.78, 5) is 10.8. The summed E-state index contributed by atoms with van der Waals surface area (Å²) in [7, 11) is 0. The van der Waals surface area contributed by atoms with Gasteiger partial charge in [-0.1, -0.05) is 23.7 Å². The Morgan fingerprint density at radius 3 is 2.76 bits per heavy atom. The molecule has 1 N–H and O–H groups in total. The molecule has 108 valence electrons. The number of rotatable bonds is 2. The quantitative estimate of drug-likeness (QED) is 0.722. The normalized spacial score (nSPS) is 11.8. The summed E-state index contributed by atoms with van der Waals surface area (Å²) in [5.41, 5.74) is 1.62. The first-order chi connectivity index (χ1) is 9.94. The van der Waals surface area contributed by atoms with Gasteiger partial charge in [-0.15, -0.1) is 13.2 Å². The highest BCUT2D eigenvalue weighted by atomic mass is 35.5. The molecule has 0 radical (unpaired) electrons. The molecule has 3 aromatic rings. The SMILES string of the molecule is FC(F)(F)Oc1cccc(-c2c[nH]c3ncnc(Cl)c23)c1. The largest absolute Gasteiger partial charge is 0.573 e. The Hall–Kier alpha value is -2.28. The third-order valence-electron chi connectivity index (χ3n) is 2.80. The molecule has 0 amide bonds. The fourth-order valence-corrected chi connectivity index (χ4v) is 2.25. The predicted octanol–water partition coefficient (Wildman–Crippen LogP) is 4.18. The van der Waals surface area contributed by atoms with Crippen LogP contribution in [0.15, 0.2) is 36.8 Å². The van der Waals surface area contributed by atoms with Crippen LogP contribution < -0.4 is 4.74 Å². The minimum Gasteiger partial charge on any atom is -0.406 e. The average Bonchev–Trinajstić information content (AvgIpc) is 2.82. The standard InChI is InChI=1S/C13H7ClF3N3O/c14-11-10-9(5-18-12(10)20-6-19-11)7-2-1-3-8(4-7)21-13(15,16)17/h1-6H,(H,18,19,20). The van der Waals surface area contributed by atoms with Crippen molar-refractivity contribution < 1.29 is 17.9 Å². The van der Waals surface area contributed by atoms with Gasteiger partial charge in [0.1, 0.15) is 22.9 Å². The van der Waals surface area contributed by atoms with Gasteiger partial charge in [-0.05, 0) is 17.7 Å². The number of nitrogens with zero attached hydrogens (tertiary/aromatic N) is 2. The van der Waals surface area contributed by atoms with Crippen LogP contribution in [0.2, 0.25) is 5.15 Å². The van der Waals surface area contributed by atoms with Crippen LogP contribution in [0.25, 0.3) is 22.2 Å². The molecule has 1 aromatic carbocycles. The average molecular weight is 314 g/mol. The zero-order valence-corrected chi connectivity index (χ0v) is 11.0. The monoisotopic (exact) mass is 313 g/mol. The van der Waals surface area contributed by atoms with E-state index in [1.807, 2.05) is 0 Å². The number of benzene rings is 1. The molecule has 0 aliphatic carbocycles. The molecule has 0 spiro atoms. The maximum absolute atomic E-state index is 12.3. The first kappa shape index (κ1) is 13.7. The lowest BCUT2D eigenvalue weighted by Gasteiger charge is -2.09. The fraction of sp³-hybridized carbons (Fsp3) is 0.0769. The van der Waals surface area contributed by atoms with Crippen molar-refractivity contribution in [1.82, 2.24) is 15.0 Å². The zero-order valence-electron chi connectivity index (χ0n) is 10.3. The second-order valence-corrected chi connectivity index (χ2v) is 4.52. The summed E-state index contributed by atoms with van der Waals surface area (Å²) < 4.78 is 40.7. The fourth-order valence-electron chi connectivity index (χ4n) is 2.01. The van der Waals surface area contributed by atoms with Crippen LogP contribution in [0.3, 0.4) is 0 Å². The summed E-state index contributed by atoms with van der Waals surface area (Å²) in [5.74, 6) is -0.303. The van der Waals surface area contributed by atoms with Crippen LogP contribution in [0.4, 0.5) is 13.2 Å². The van der Waals surface area contributed by atoms with E-state index in [2.05, 4.69) is 19.7 Å². The Bertz CT molecular complexity index is 801. The minimum atomic E-state index is -4.74. The van der Waals surface area contributed by atoms with Crippen LogP contribution in [-0.2, 0) is 0 Å². The van der Waals surface area contributed by atoms with Crippen molar-refractivity contribution in [3.05, 3.63) is 41.9 Å². The van der Waals surface area contributed by atoms with Crippen molar-refractivity contribution in [3.63, 3.8) is 0 Å². The van der Waals surface area contributed by atoms with Gasteiger partial charge in [-0.3, -0.25) is 0 Å². The van der Waals surface area contributed by atoms with Gasteiger partial charge in [0.15, 0.2) is 0 Å². The molecule has 8 heteroatoms. The topological polar surface area (TPSA) is 50.8 Å². The molecule has 0 saturated heterocycles. The zero-order chi connectivity index (χ0) is 15.0. The molecule has 2 heterocycles. The summed E-state index contributed by atoms with van der Waals surface area (Å²) in [6.45, 7) is 0. The van der Waals surface area contributed by atoms with E-state index >= 15 is 0 Å². The van der Waals surface area contributed by atoms with Crippen molar-refractivity contribution in [3.8, 4) is 16.9 Å². The minimum absolute atomic E-state index is 0.221. The van der Waals surface area contributed by atoms with Gasteiger partial charge in [-0.25, -0.2) is 9.97 Å². The number of ether oxygens (including phenoxy) is 1. The highest BCUT2D eigenvalue weighted by molar-refractivity contribution is 6.35. The second kappa shape index (κ2) is 4.92. The molecule has 0 bridgehead atoms. The lowest BCUT2D eigenvalue weighted by atomic mass is 10.1. The Labute approximate surface area is 121 Å². The number of aromatic amines is 1. The van der Waals surface area contributed by atoms with Gasteiger partial charge in [0, 0.05) is 11.8 Å². The lowest BCUT2D eigenvalue weighted by molar-refractivity contribution is -0.274. The van der Waals surface area contributed by atoms with Crippen molar-refractivity contribution in [2.75, 3.05) is 0 Å². The van der Waals surface area contributed by atoms with Crippen molar-refractivity contribution >= 4 is 22.6 Å². The second-order valence-electron chi connectivity index (χ2n) is 4.17. The number of hydrogen-bond donors (Lipinski definition) is 1. The van der Waals surface area contributed by atoms with E-state index in [0.29, 0.717) is 22.2 Å². The maximum atomic E-state index is 12.3. The van der Waals surface area contributed by atoms with E-state index in [4.69, 9.17) is 11.6 Å². The molecule has 0 saturated carbocycles. The Morgan fingerprint density at radius 1 is 1.19 bits per heavy atom. The number of nitrogens with one attached hydrogen (secondary N) is 1. The molecule has 0 fully saturated rings. The van der Waals surface area contributed by atoms with Crippen LogP contribution in [0, 0.1) is 0 Å². The van der Waals surface area contributed by atoms with E-state index in [1.165, 1.54) is 24.5 Å². The maximum Gasteiger partial charge on any atom is 0.573 e. The summed E-state index contributed by atoms with van der Waals surface area (Å²) in [6, 6.07) is 5.62. The summed E-state index contributed by atoms with van der Waals surface area (Å²) in [5, 5.41) is 0.765. The molecule has 0 atom stereocenters. The molecule has 0 aliphatic rings. The number of hydrogen-bond acceptors (Lipinski definition) is 3. The molecular weight excluding hydrogens is 307 g/mol. The van der Waals surface area contributed by atoms with E-state index in [9.17, 15) is 13.2 Å². The summed E-state index contributed by atoms with van der Waals surface area (Å²) >= 11 is 6.02. The highest BCUT2D eigenvalue weighted by Crippen LogP contribution is 2.34. The molecule has 4 nitrogen and oxygen atoms in total. The third-order valence-corrected chi connectivity index (χ3v) is 3.09. The van der Waals surface area contributed by atoms with Crippen LogP contribution in [0.5, 0.6) is 5.75 Å². The Balaban J connectivity index is 2.09. The molecule has 21 heavy (non-hydrogen) atoms. The molecule has 0 unspecified atom stereocenters. The number of alkyl halides is 3.